The molecule has 1 saturated heterocycles. The summed E-state index contributed by atoms with van der Waals surface area (Å²) in [6.45, 7) is 2.13. The number of amides is 1. The van der Waals surface area contributed by atoms with Gasteiger partial charge in [0.1, 0.15) is 6.17 Å². The lowest BCUT2D eigenvalue weighted by atomic mass is 10.1. The first-order chi connectivity index (χ1) is 10.2. The van der Waals surface area contributed by atoms with Crippen molar-refractivity contribution in [3.8, 4) is 0 Å². The fourth-order valence-corrected chi connectivity index (χ4v) is 3.85. The molecule has 1 aliphatic carbocycles. The van der Waals surface area contributed by atoms with E-state index in [0.29, 0.717) is 6.04 Å². The Kier molecular flexibility index (Phi) is 4.51. The maximum Gasteiger partial charge on any atom is 0.241 e. The molecule has 0 spiro atoms. The van der Waals surface area contributed by atoms with Crippen LogP contribution in [0.25, 0.3) is 0 Å². The summed E-state index contributed by atoms with van der Waals surface area (Å²) in [6.07, 6.45) is 6.62. The first-order valence-corrected chi connectivity index (χ1v) is 8.42. The Labute approximate surface area is 131 Å². The van der Waals surface area contributed by atoms with E-state index in [4.69, 9.17) is 11.6 Å². The normalized spacial score (nSPS) is 26.8. The maximum atomic E-state index is 12.8. The summed E-state index contributed by atoms with van der Waals surface area (Å²) in [5.41, 5.74) is 1.10. The Balaban J connectivity index is 1.89. The van der Waals surface area contributed by atoms with Crippen molar-refractivity contribution < 1.29 is 4.79 Å². The quantitative estimate of drug-likeness (QED) is 0.915. The highest BCUT2D eigenvalue weighted by atomic mass is 35.5. The number of nitrogens with zero attached hydrogens (tertiary/aromatic N) is 1. The van der Waals surface area contributed by atoms with Gasteiger partial charge in [-0.25, -0.2) is 0 Å². The summed E-state index contributed by atoms with van der Waals surface area (Å²) >= 11 is 6.13. The molecule has 1 amide bonds. The zero-order chi connectivity index (χ0) is 14.8. The van der Waals surface area contributed by atoms with Gasteiger partial charge in [-0.3, -0.25) is 10.1 Å². The molecule has 1 aromatic carbocycles. The Morgan fingerprint density at radius 3 is 2.76 bits per heavy atom. The summed E-state index contributed by atoms with van der Waals surface area (Å²) in [5, 5.41) is 4.26. The van der Waals surface area contributed by atoms with Crippen molar-refractivity contribution in [2.75, 3.05) is 0 Å². The van der Waals surface area contributed by atoms with Crippen molar-refractivity contribution in [3.05, 3.63) is 34.9 Å². The van der Waals surface area contributed by atoms with Crippen LogP contribution in [-0.2, 0) is 4.79 Å². The smallest absolute Gasteiger partial charge is 0.241 e. The molecule has 2 fully saturated rings. The molecule has 1 saturated carbocycles. The van der Waals surface area contributed by atoms with E-state index in [0.717, 1.165) is 36.3 Å². The van der Waals surface area contributed by atoms with Crippen LogP contribution in [0.2, 0.25) is 5.02 Å². The molecule has 0 aromatic heterocycles. The lowest BCUT2D eigenvalue weighted by Gasteiger charge is -2.30. The average Bonchev–Trinajstić information content (AvgIpc) is 3.08. The molecule has 2 unspecified atom stereocenters. The van der Waals surface area contributed by atoms with Crippen molar-refractivity contribution in [1.82, 2.24) is 10.2 Å². The molecule has 0 bridgehead atoms. The first-order valence-electron chi connectivity index (χ1n) is 8.04. The van der Waals surface area contributed by atoms with Crippen LogP contribution in [0.1, 0.15) is 57.2 Å². The van der Waals surface area contributed by atoms with E-state index in [-0.39, 0.29) is 18.1 Å². The van der Waals surface area contributed by atoms with Crippen molar-refractivity contribution in [3.63, 3.8) is 0 Å². The molecule has 4 heteroatoms. The first kappa shape index (κ1) is 14.9. The highest BCUT2D eigenvalue weighted by molar-refractivity contribution is 6.30. The number of nitrogens with one attached hydrogen (secondary N) is 1. The standard InChI is InChI=1S/C17H23ClN2O/c1-2-6-15-17(21)20(14-9-3-4-10-14)16(19-15)12-7-5-8-13(18)11-12/h5,7-8,11,14-16,19H,2-4,6,9-10H2,1H3. The molecule has 1 aliphatic heterocycles. The highest BCUT2D eigenvalue weighted by Gasteiger charge is 2.43. The summed E-state index contributed by atoms with van der Waals surface area (Å²) in [5.74, 6) is 0.272. The minimum atomic E-state index is -0.0421. The predicted octanol–water partition coefficient (Wildman–Crippen LogP) is 3.88. The minimum Gasteiger partial charge on any atom is -0.319 e. The van der Waals surface area contributed by atoms with Gasteiger partial charge in [-0.15, -0.1) is 0 Å². The fraction of sp³-hybridized carbons (Fsp3) is 0.588. The number of carbonyl (C=O) groups excluding carboxylic acids is 1. The van der Waals surface area contributed by atoms with E-state index in [2.05, 4.69) is 23.2 Å². The lowest BCUT2D eigenvalue weighted by molar-refractivity contribution is -0.132. The van der Waals surface area contributed by atoms with Crippen molar-refractivity contribution in [2.45, 2.75) is 63.7 Å². The number of carbonyl (C=O) groups is 1. The molecule has 1 aromatic rings. The minimum absolute atomic E-state index is 0.0177. The predicted molar refractivity (Wildman–Crippen MR) is 85.1 cm³/mol. The molecule has 2 atom stereocenters. The Morgan fingerprint density at radius 2 is 2.10 bits per heavy atom. The van der Waals surface area contributed by atoms with Gasteiger partial charge in [-0.05, 0) is 37.0 Å². The lowest BCUT2D eigenvalue weighted by Crippen LogP contribution is -2.38. The molecule has 3 nitrogen and oxygen atoms in total. The molecule has 21 heavy (non-hydrogen) atoms. The zero-order valence-electron chi connectivity index (χ0n) is 12.5. The number of benzene rings is 1. The number of hydrogen-bond acceptors (Lipinski definition) is 2. The maximum absolute atomic E-state index is 12.8. The van der Waals surface area contributed by atoms with Crippen LogP contribution in [-0.4, -0.2) is 22.9 Å². The zero-order valence-corrected chi connectivity index (χ0v) is 13.3. The van der Waals surface area contributed by atoms with Gasteiger partial charge in [0.2, 0.25) is 5.91 Å². The summed E-state index contributed by atoms with van der Waals surface area (Å²) in [7, 11) is 0. The van der Waals surface area contributed by atoms with E-state index >= 15 is 0 Å². The number of rotatable bonds is 4. The van der Waals surface area contributed by atoms with Crippen LogP contribution in [0.4, 0.5) is 0 Å². The molecular formula is C17H23ClN2O. The molecular weight excluding hydrogens is 284 g/mol. The van der Waals surface area contributed by atoms with Gasteiger partial charge >= 0.3 is 0 Å². The third kappa shape index (κ3) is 2.95. The summed E-state index contributed by atoms with van der Waals surface area (Å²) in [4.78, 5) is 14.9. The van der Waals surface area contributed by atoms with Gasteiger partial charge in [0.15, 0.2) is 0 Å². The average molecular weight is 307 g/mol. The van der Waals surface area contributed by atoms with Gasteiger partial charge in [-0.1, -0.05) is 49.9 Å². The second-order valence-electron chi connectivity index (χ2n) is 6.15. The summed E-state index contributed by atoms with van der Waals surface area (Å²) < 4.78 is 0. The Hall–Kier alpha value is -1.06. The largest absolute Gasteiger partial charge is 0.319 e. The molecule has 114 valence electrons. The van der Waals surface area contributed by atoms with Crippen LogP contribution in [0.15, 0.2) is 24.3 Å². The Morgan fingerprint density at radius 1 is 1.33 bits per heavy atom. The van der Waals surface area contributed by atoms with Crippen molar-refractivity contribution >= 4 is 17.5 Å². The SMILES string of the molecule is CCCC1NC(c2cccc(Cl)c2)N(C2CCCC2)C1=O. The van der Waals surface area contributed by atoms with Gasteiger partial charge in [-0.2, -0.15) is 0 Å². The van der Waals surface area contributed by atoms with Crippen LogP contribution >= 0.6 is 11.6 Å². The monoisotopic (exact) mass is 306 g/mol. The highest BCUT2D eigenvalue weighted by Crippen LogP contribution is 2.35. The topological polar surface area (TPSA) is 32.3 Å². The molecule has 1 heterocycles. The number of halogens is 1. The summed E-state index contributed by atoms with van der Waals surface area (Å²) in [6, 6.07) is 8.22. The van der Waals surface area contributed by atoms with Gasteiger partial charge in [0.05, 0.1) is 6.04 Å². The van der Waals surface area contributed by atoms with Gasteiger partial charge in [0.25, 0.3) is 0 Å². The van der Waals surface area contributed by atoms with E-state index < -0.39 is 0 Å². The van der Waals surface area contributed by atoms with E-state index in [1.807, 2.05) is 18.2 Å². The third-order valence-electron chi connectivity index (χ3n) is 4.65. The van der Waals surface area contributed by atoms with Crippen LogP contribution in [0.5, 0.6) is 0 Å². The van der Waals surface area contributed by atoms with Crippen molar-refractivity contribution in [1.29, 1.82) is 0 Å². The van der Waals surface area contributed by atoms with Crippen LogP contribution in [0, 0.1) is 0 Å². The molecule has 1 N–H and O–H groups in total. The van der Waals surface area contributed by atoms with Gasteiger partial charge < -0.3 is 4.90 Å². The second-order valence-corrected chi connectivity index (χ2v) is 6.59. The third-order valence-corrected chi connectivity index (χ3v) is 4.88. The Bertz CT molecular complexity index is 513. The van der Waals surface area contributed by atoms with E-state index in [9.17, 15) is 4.79 Å². The van der Waals surface area contributed by atoms with Crippen LogP contribution < -0.4 is 5.32 Å². The van der Waals surface area contributed by atoms with Crippen molar-refractivity contribution in [2.24, 2.45) is 0 Å². The van der Waals surface area contributed by atoms with E-state index in [1.165, 1.54) is 12.8 Å². The van der Waals surface area contributed by atoms with Crippen LogP contribution in [0.3, 0.4) is 0 Å². The fourth-order valence-electron chi connectivity index (χ4n) is 3.65. The second kappa shape index (κ2) is 6.37. The van der Waals surface area contributed by atoms with E-state index in [1.54, 1.807) is 0 Å². The van der Waals surface area contributed by atoms with Gasteiger partial charge in [0, 0.05) is 11.1 Å². The number of hydrogen-bond donors (Lipinski definition) is 1. The molecule has 3 rings (SSSR count). The molecule has 2 aliphatic rings. The molecule has 0 radical (unpaired) electrons.